The molecule has 1 aromatic rings. The van der Waals surface area contributed by atoms with Crippen molar-refractivity contribution in [1.29, 1.82) is 0 Å². The van der Waals surface area contributed by atoms with E-state index in [9.17, 15) is 13.2 Å². The molecule has 1 aromatic carbocycles. The Morgan fingerprint density at radius 1 is 1.39 bits per heavy atom. The molecule has 0 aliphatic rings. The second-order valence-corrected chi connectivity index (χ2v) is 6.09. The molecule has 0 aliphatic heterocycles. The highest BCUT2D eigenvalue weighted by atomic mass is 32.2. The van der Waals surface area contributed by atoms with Gasteiger partial charge in [0.2, 0.25) is 0 Å². The zero-order chi connectivity index (χ0) is 14.1. The Kier molecular flexibility index (Phi) is 4.13. The maximum absolute atomic E-state index is 11.7. The lowest BCUT2D eigenvalue weighted by molar-refractivity contribution is 0.0695. The van der Waals surface area contributed by atoms with Gasteiger partial charge in [0, 0.05) is 18.9 Å². The number of hydrogen-bond donors (Lipinski definition) is 1. The number of rotatable bonds is 4. The quantitative estimate of drug-likeness (QED) is 0.904. The summed E-state index contributed by atoms with van der Waals surface area (Å²) in [6.45, 7) is 3.27. The minimum absolute atomic E-state index is 0.0845. The van der Waals surface area contributed by atoms with E-state index >= 15 is 0 Å². The van der Waals surface area contributed by atoms with E-state index in [1.54, 1.807) is 13.8 Å². The van der Waals surface area contributed by atoms with Crippen LogP contribution in [0.2, 0.25) is 0 Å². The highest BCUT2D eigenvalue weighted by Gasteiger charge is 2.23. The van der Waals surface area contributed by atoms with Crippen LogP contribution in [-0.2, 0) is 14.6 Å². The largest absolute Gasteiger partial charge is 0.478 e. The van der Waals surface area contributed by atoms with Crippen LogP contribution in [0.4, 0.5) is 0 Å². The Hall–Kier alpha value is -1.40. The van der Waals surface area contributed by atoms with Gasteiger partial charge >= 0.3 is 5.97 Å². The summed E-state index contributed by atoms with van der Waals surface area (Å²) < 4.78 is 28.5. The highest BCUT2D eigenvalue weighted by Crippen LogP contribution is 2.30. The van der Waals surface area contributed by atoms with E-state index in [0.717, 1.165) is 6.26 Å². The van der Waals surface area contributed by atoms with E-state index in [1.807, 2.05) is 0 Å². The van der Waals surface area contributed by atoms with Crippen LogP contribution in [0.1, 0.15) is 34.5 Å². The van der Waals surface area contributed by atoms with Gasteiger partial charge in [0.05, 0.1) is 16.6 Å². The highest BCUT2D eigenvalue weighted by molar-refractivity contribution is 7.90. The third-order valence-electron chi connectivity index (χ3n) is 2.86. The molecular formula is C12H16O5S. The average Bonchev–Trinajstić information content (AvgIpc) is 2.25. The minimum Gasteiger partial charge on any atom is -0.478 e. The molecular weight excluding hydrogens is 256 g/mol. The van der Waals surface area contributed by atoms with Crippen LogP contribution in [0.15, 0.2) is 17.0 Å². The number of aromatic carboxylic acids is 1. The number of benzene rings is 1. The summed E-state index contributed by atoms with van der Waals surface area (Å²) in [6, 6.07) is 2.62. The van der Waals surface area contributed by atoms with Crippen molar-refractivity contribution in [2.45, 2.75) is 24.8 Å². The van der Waals surface area contributed by atoms with Crippen LogP contribution < -0.4 is 0 Å². The van der Waals surface area contributed by atoms with Crippen molar-refractivity contribution in [2.24, 2.45) is 0 Å². The van der Waals surface area contributed by atoms with Crippen molar-refractivity contribution in [3.63, 3.8) is 0 Å². The molecule has 1 rings (SSSR count). The molecule has 0 fully saturated rings. The first-order chi connectivity index (χ1) is 8.20. The summed E-state index contributed by atoms with van der Waals surface area (Å²) in [5, 5.41) is 9.05. The first-order valence-electron chi connectivity index (χ1n) is 5.29. The molecule has 0 spiro atoms. The van der Waals surface area contributed by atoms with E-state index < -0.39 is 21.9 Å². The Morgan fingerprint density at radius 2 is 1.94 bits per heavy atom. The Balaban J connectivity index is 3.67. The second kappa shape index (κ2) is 5.07. The second-order valence-electron chi connectivity index (χ2n) is 4.11. The summed E-state index contributed by atoms with van der Waals surface area (Å²) in [5.74, 6) is -1.09. The van der Waals surface area contributed by atoms with E-state index in [0.29, 0.717) is 11.1 Å². The van der Waals surface area contributed by atoms with Crippen LogP contribution >= 0.6 is 0 Å². The lowest BCUT2D eigenvalue weighted by Gasteiger charge is -2.18. The van der Waals surface area contributed by atoms with Crippen molar-refractivity contribution in [1.82, 2.24) is 0 Å². The molecule has 1 unspecified atom stereocenters. The van der Waals surface area contributed by atoms with Gasteiger partial charge in [-0.2, -0.15) is 0 Å². The molecule has 6 heteroatoms. The fourth-order valence-electron chi connectivity index (χ4n) is 1.88. The third-order valence-corrected chi connectivity index (χ3v) is 4.02. The summed E-state index contributed by atoms with van der Waals surface area (Å²) in [5.41, 5.74) is 0.904. The SMILES string of the molecule is COC(C)c1c(S(C)(=O)=O)ccc(C(=O)O)c1C. The number of carboxylic acids is 1. The third kappa shape index (κ3) is 2.70. The van der Waals surface area contributed by atoms with E-state index in [2.05, 4.69) is 0 Å². The molecule has 18 heavy (non-hydrogen) atoms. The molecule has 0 radical (unpaired) electrons. The topological polar surface area (TPSA) is 80.7 Å². The molecule has 0 bridgehead atoms. The summed E-state index contributed by atoms with van der Waals surface area (Å²) in [6.07, 6.45) is 0.600. The van der Waals surface area contributed by atoms with Crippen molar-refractivity contribution >= 4 is 15.8 Å². The number of methoxy groups -OCH3 is 1. The normalized spacial score (nSPS) is 13.3. The first-order valence-corrected chi connectivity index (χ1v) is 7.19. The first kappa shape index (κ1) is 14.7. The van der Waals surface area contributed by atoms with Crippen molar-refractivity contribution in [2.75, 3.05) is 13.4 Å². The smallest absolute Gasteiger partial charge is 0.335 e. The number of carboxylic acid groups (broad SMARTS) is 1. The Morgan fingerprint density at radius 3 is 2.33 bits per heavy atom. The predicted octanol–water partition coefficient (Wildman–Crippen LogP) is 1.80. The lowest BCUT2D eigenvalue weighted by atomic mass is 9.99. The van der Waals surface area contributed by atoms with Crippen LogP contribution in [0.5, 0.6) is 0 Å². The molecule has 0 heterocycles. The zero-order valence-electron chi connectivity index (χ0n) is 10.7. The lowest BCUT2D eigenvalue weighted by Crippen LogP contribution is -2.12. The van der Waals surface area contributed by atoms with Gasteiger partial charge in [-0.1, -0.05) is 0 Å². The predicted molar refractivity (Wildman–Crippen MR) is 66.7 cm³/mol. The van der Waals surface area contributed by atoms with Gasteiger partial charge < -0.3 is 9.84 Å². The van der Waals surface area contributed by atoms with Gasteiger partial charge in [0.1, 0.15) is 0 Å². The maximum Gasteiger partial charge on any atom is 0.335 e. The summed E-state index contributed by atoms with van der Waals surface area (Å²) in [4.78, 5) is 11.2. The zero-order valence-corrected chi connectivity index (χ0v) is 11.5. The molecule has 0 saturated carbocycles. The van der Waals surface area contributed by atoms with Crippen LogP contribution in [0.25, 0.3) is 0 Å². The van der Waals surface area contributed by atoms with Gasteiger partial charge in [-0.3, -0.25) is 0 Å². The van der Waals surface area contributed by atoms with E-state index in [-0.39, 0.29) is 10.5 Å². The standard InChI is InChI=1S/C12H16O5S/c1-7-9(12(13)14)5-6-10(18(4,15)16)11(7)8(2)17-3/h5-6,8H,1-4H3,(H,13,14). The maximum atomic E-state index is 11.7. The van der Waals surface area contributed by atoms with Crippen LogP contribution in [-0.4, -0.2) is 32.9 Å². The Labute approximate surface area is 106 Å². The fraction of sp³-hybridized carbons (Fsp3) is 0.417. The molecule has 0 aliphatic carbocycles. The van der Waals surface area contributed by atoms with Crippen LogP contribution in [0.3, 0.4) is 0 Å². The van der Waals surface area contributed by atoms with Crippen molar-refractivity contribution in [3.05, 3.63) is 28.8 Å². The average molecular weight is 272 g/mol. The van der Waals surface area contributed by atoms with Crippen molar-refractivity contribution < 1.29 is 23.1 Å². The number of sulfone groups is 1. The number of carbonyl (C=O) groups is 1. The molecule has 0 aromatic heterocycles. The van der Waals surface area contributed by atoms with Crippen LogP contribution in [0, 0.1) is 6.92 Å². The van der Waals surface area contributed by atoms with Crippen molar-refractivity contribution in [3.8, 4) is 0 Å². The molecule has 1 atom stereocenters. The van der Waals surface area contributed by atoms with Gasteiger partial charge in [-0.25, -0.2) is 13.2 Å². The van der Waals surface area contributed by atoms with E-state index in [1.165, 1.54) is 19.2 Å². The summed E-state index contributed by atoms with van der Waals surface area (Å²) in [7, 11) is -1.98. The molecule has 5 nitrogen and oxygen atoms in total. The Bertz CT molecular complexity index is 574. The molecule has 0 saturated heterocycles. The fourth-order valence-corrected chi connectivity index (χ4v) is 2.92. The molecule has 0 amide bonds. The molecule has 1 N–H and O–H groups in total. The minimum atomic E-state index is -3.43. The van der Waals surface area contributed by atoms with Gasteiger partial charge in [0.25, 0.3) is 0 Å². The van der Waals surface area contributed by atoms with Gasteiger partial charge in [-0.15, -0.1) is 0 Å². The monoisotopic (exact) mass is 272 g/mol. The summed E-state index contributed by atoms with van der Waals surface area (Å²) >= 11 is 0. The number of ether oxygens (including phenoxy) is 1. The number of hydrogen-bond acceptors (Lipinski definition) is 4. The van der Waals surface area contributed by atoms with Gasteiger partial charge in [-0.05, 0) is 31.5 Å². The molecule has 100 valence electrons. The van der Waals surface area contributed by atoms with E-state index in [4.69, 9.17) is 9.84 Å². The van der Waals surface area contributed by atoms with Gasteiger partial charge in [0.15, 0.2) is 9.84 Å².